The van der Waals surface area contributed by atoms with Crippen molar-refractivity contribution >= 4 is 27.8 Å². The molecule has 0 spiro atoms. The third-order valence-electron chi connectivity index (χ3n) is 3.24. The largest absolute Gasteiger partial charge is 0.469 e. The number of hydrogen-bond acceptors (Lipinski definition) is 3. The molecule has 1 rings (SSSR count). The summed E-state index contributed by atoms with van der Waals surface area (Å²) in [4.78, 5) is 25.2. The van der Waals surface area contributed by atoms with Gasteiger partial charge in [-0.05, 0) is 18.8 Å². The number of unbranched alkanes of at least 4 members (excludes halogenated alkanes) is 1. The van der Waals surface area contributed by atoms with Gasteiger partial charge < -0.3 is 9.64 Å². The first-order valence-electron chi connectivity index (χ1n) is 6.01. The third kappa shape index (κ3) is 3.98. The lowest BCUT2D eigenvalue weighted by molar-refractivity contribution is -0.146. The molecule has 98 valence electrons. The number of carbonyl (C=O) groups excluding carboxylic acids is 2. The minimum Gasteiger partial charge on any atom is -0.469 e. The zero-order valence-electron chi connectivity index (χ0n) is 10.4. The zero-order chi connectivity index (χ0) is 12.8. The summed E-state index contributed by atoms with van der Waals surface area (Å²) >= 11 is 3.34. The van der Waals surface area contributed by atoms with Gasteiger partial charge in [0.25, 0.3) is 0 Å². The molecule has 17 heavy (non-hydrogen) atoms. The molecule has 0 aliphatic carbocycles. The van der Waals surface area contributed by atoms with Gasteiger partial charge in [-0.15, -0.1) is 0 Å². The van der Waals surface area contributed by atoms with Gasteiger partial charge in [-0.2, -0.15) is 0 Å². The van der Waals surface area contributed by atoms with Crippen molar-refractivity contribution in [3.05, 3.63) is 0 Å². The van der Waals surface area contributed by atoms with E-state index in [1.165, 1.54) is 7.11 Å². The Hall–Kier alpha value is -0.580. The standard InChI is InChI=1S/C12H20BrNO3/c1-9-7-14(8-10(9)12(16)17-2)11(15)5-3-4-6-13/h9-10H,3-8H2,1-2H3. The van der Waals surface area contributed by atoms with Gasteiger partial charge in [0.2, 0.25) is 5.91 Å². The molecule has 0 aromatic rings. The van der Waals surface area contributed by atoms with Gasteiger partial charge in [-0.3, -0.25) is 9.59 Å². The van der Waals surface area contributed by atoms with Crippen LogP contribution in [0.5, 0.6) is 0 Å². The first-order valence-corrected chi connectivity index (χ1v) is 7.13. The molecule has 0 saturated carbocycles. The molecule has 1 saturated heterocycles. The first kappa shape index (κ1) is 14.5. The van der Waals surface area contributed by atoms with Crippen LogP contribution in [-0.2, 0) is 14.3 Å². The average Bonchev–Trinajstić information content (AvgIpc) is 2.70. The van der Waals surface area contributed by atoms with Crippen LogP contribution in [0.3, 0.4) is 0 Å². The Morgan fingerprint density at radius 3 is 2.65 bits per heavy atom. The highest BCUT2D eigenvalue weighted by molar-refractivity contribution is 9.09. The normalized spacial score (nSPS) is 23.8. The van der Waals surface area contributed by atoms with E-state index < -0.39 is 0 Å². The Kier molecular flexibility index (Phi) is 5.95. The van der Waals surface area contributed by atoms with E-state index in [0.717, 1.165) is 18.2 Å². The molecular formula is C12H20BrNO3. The number of nitrogens with zero attached hydrogens (tertiary/aromatic N) is 1. The van der Waals surface area contributed by atoms with Crippen molar-refractivity contribution in [2.45, 2.75) is 26.2 Å². The van der Waals surface area contributed by atoms with Crippen molar-refractivity contribution in [2.24, 2.45) is 11.8 Å². The Balaban J connectivity index is 2.42. The molecule has 0 bridgehead atoms. The second kappa shape index (κ2) is 6.99. The fourth-order valence-electron chi connectivity index (χ4n) is 2.16. The van der Waals surface area contributed by atoms with E-state index in [0.29, 0.717) is 19.5 Å². The summed E-state index contributed by atoms with van der Waals surface area (Å²) in [5.41, 5.74) is 0. The highest BCUT2D eigenvalue weighted by Crippen LogP contribution is 2.24. The number of methoxy groups -OCH3 is 1. The summed E-state index contributed by atoms with van der Waals surface area (Å²) in [6.45, 7) is 3.18. The van der Waals surface area contributed by atoms with Crippen LogP contribution < -0.4 is 0 Å². The number of alkyl halides is 1. The maximum Gasteiger partial charge on any atom is 0.310 e. The molecular weight excluding hydrogens is 286 g/mol. The maximum atomic E-state index is 11.9. The van der Waals surface area contributed by atoms with Crippen LogP contribution in [0.25, 0.3) is 0 Å². The smallest absolute Gasteiger partial charge is 0.310 e. The average molecular weight is 306 g/mol. The van der Waals surface area contributed by atoms with Gasteiger partial charge in [0.05, 0.1) is 13.0 Å². The zero-order valence-corrected chi connectivity index (χ0v) is 12.0. The number of likely N-dealkylation sites (tertiary alicyclic amines) is 1. The van der Waals surface area contributed by atoms with Crippen molar-refractivity contribution in [2.75, 3.05) is 25.5 Å². The number of esters is 1. The number of hydrogen-bond donors (Lipinski definition) is 0. The summed E-state index contributed by atoms with van der Waals surface area (Å²) in [5, 5.41) is 0.932. The van der Waals surface area contributed by atoms with E-state index >= 15 is 0 Å². The second-order valence-electron chi connectivity index (χ2n) is 4.55. The van der Waals surface area contributed by atoms with E-state index in [4.69, 9.17) is 4.74 Å². The van der Waals surface area contributed by atoms with Gasteiger partial charge in [0.1, 0.15) is 0 Å². The first-order chi connectivity index (χ1) is 8.10. The van der Waals surface area contributed by atoms with Crippen molar-refractivity contribution in [1.82, 2.24) is 4.90 Å². The molecule has 1 aliphatic heterocycles. The number of halogens is 1. The van der Waals surface area contributed by atoms with Crippen molar-refractivity contribution < 1.29 is 14.3 Å². The van der Waals surface area contributed by atoms with Gasteiger partial charge in [-0.1, -0.05) is 22.9 Å². The SMILES string of the molecule is COC(=O)C1CN(C(=O)CCCCBr)CC1C. The van der Waals surface area contributed by atoms with E-state index in [2.05, 4.69) is 15.9 Å². The molecule has 0 aromatic heterocycles. The molecule has 1 aliphatic rings. The molecule has 0 aromatic carbocycles. The van der Waals surface area contributed by atoms with E-state index in [1.807, 2.05) is 6.92 Å². The van der Waals surface area contributed by atoms with Crippen molar-refractivity contribution in [3.8, 4) is 0 Å². The monoisotopic (exact) mass is 305 g/mol. The molecule has 0 radical (unpaired) electrons. The van der Waals surface area contributed by atoms with Crippen LogP contribution in [-0.4, -0.2) is 42.3 Å². The minimum atomic E-state index is -0.201. The van der Waals surface area contributed by atoms with E-state index in [-0.39, 0.29) is 23.7 Å². The van der Waals surface area contributed by atoms with Crippen LogP contribution in [0.2, 0.25) is 0 Å². The van der Waals surface area contributed by atoms with Crippen LogP contribution in [0.4, 0.5) is 0 Å². The Labute approximate surface area is 111 Å². The van der Waals surface area contributed by atoms with Gasteiger partial charge in [0, 0.05) is 24.8 Å². The lowest BCUT2D eigenvalue weighted by Crippen LogP contribution is -2.30. The van der Waals surface area contributed by atoms with Gasteiger partial charge >= 0.3 is 5.97 Å². The highest BCUT2D eigenvalue weighted by atomic mass is 79.9. The van der Waals surface area contributed by atoms with Gasteiger partial charge in [-0.25, -0.2) is 0 Å². The quantitative estimate of drug-likeness (QED) is 0.442. The Morgan fingerprint density at radius 2 is 2.06 bits per heavy atom. The van der Waals surface area contributed by atoms with E-state index in [9.17, 15) is 9.59 Å². The minimum absolute atomic E-state index is 0.153. The molecule has 0 N–H and O–H groups in total. The summed E-state index contributed by atoms with van der Waals surface area (Å²) in [6, 6.07) is 0. The highest BCUT2D eigenvalue weighted by Gasteiger charge is 2.37. The summed E-state index contributed by atoms with van der Waals surface area (Å²) in [6.07, 6.45) is 2.49. The number of carbonyl (C=O) groups is 2. The Bertz CT molecular complexity index is 283. The lowest BCUT2D eigenvalue weighted by Gasteiger charge is -2.15. The van der Waals surface area contributed by atoms with Crippen LogP contribution in [0, 0.1) is 11.8 Å². The van der Waals surface area contributed by atoms with Crippen LogP contribution in [0.15, 0.2) is 0 Å². The van der Waals surface area contributed by atoms with Crippen molar-refractivity contribution in [1.29, 1.82) is 0 Å². The van der Waals surface area contributed by atoms with Crippen LogP contribution >= 0.6 is 15.9 Å². The summed E-state index contributed by atoms with van der Waals surface area (Å²) < 4.78 is 4.75. The number of ether oxygens (including phenoxy) is 1. The van der Waals surface area contributed by atoms with Crippen LogP contribution in [0.1, 0.15) is 26.2 Å². The molecule has 5 heteroatoms. The fraction of sp³-hybridized carbons (Fsp3) is 0.833. The molecule has 1 heterocycles. The fourth-order valence-corrected chi connectivity index (χ4v) is 2.55. The molecule has 2 unspecified atom stereocenters. The second-order valence-corrected chi connectivity index (χ2v) is 5.34. The number of amides is 1. The lowest BCUT2D eigenvalue weighted by atomic mass is 9.99. The summed E-state index contributed by atoms with van der Waals surface area (Å²) in [5.74, 6) is 0.000150. The maximum absolute atomic E-state index is 11.9. The number of rotatable bonds is 5. The molecule has 2 atom stereocenters. The molecule has 1 fully saturated rings. The molecule has 4 nitrogen and oxygen atoms in total. The van der Waals surface area contributed by atoms with Gasteiger partial charge in [0.15, 0.2) is 0 Å². The van der Waals surface area contributed by atoms with E-state index in [1.54, 1.807) is 4.90 Å². The molecule has 1 amide bonds. The third-order valence-corrected chi connectivity index (χ3v) is 3.80. The summed E-state index contributed by atoms with van der Waals surface area (Å²) in [7, 11) is 1.40. The van der Waals surface area contributed by atoms with Crippen molar-refractivity contribution in [3.63, 3.8) is 0 Å². The predicted molar refractivity (Wildman–Crippen MR) is 68.9 cm³/mol. The predicted octanol–water partition coefficient (Wildman–Crippen LogP) is 1.82. The topological polar surface area (TPSA) is 46.6 Å². The Morgan fingerprint density at radius 1 is 1.35 bits per heavy atom.